The van der Waals surface area contributed by atoms with Crippen LogP contribution >= 0.6 is 11.6 Å². The molecule has 140 valence electrons. The Kier molecular flexibility index (Phi) is 5.71. The molecule has 0 N–H and O–H groups in total. The van der Waals surface area contributed by atoms with Crippen LogP contribution in [0.1, 0.15) is 80.2 Å². The fourth-order valence-corrected chi connectivity index (χ4v) is 3.65. The first-order valence-electron chi connectivity index (χ1n) is 9.51. The molecule has 2 aromatic rings. The van der Waals surface area contributed by atoms with Gasteiger partial charge in [0.25, 0.3) is 5.91 Å². The van der Waals surface area contributed by atoms with Crippen LogP contribution < -0.4 is 0 Å². The fraction of sp³-hybridized carbons (Fsp3) is 0.524. The van der Waals surface area contributed by atoms with Gasteiger partial charge >= 0.3 is 0 Å². The van der Waals surface area contributed by atoms with Crippen molar-refractivity contribution in [1.82, 2.24) is 14.7 Å². The number of carbonyl (C=O) groups is 1. The molecule has 26 heavy (non-hydrogen) atoms. The van der Waals surface area contributed by atoms with E-state index in [-0.39, 0.29) is 5.91 Å². The van der Waals surface area contributed by atoms with Crippen LogP contribution in [0, 0.1) is 0 Å². The summed E-state index contributed by atoms with van der Waals surface area (Å²) in [6.07, 6.45) is 1.89. The van der Waals surface area contributed by atoms with Crippen molar-refractivity contribution in [2.45, 2.75) is 58.4 Å². The van der Waals surface area contributed by atoms with Crippen LogP contribution in [0.4, 0.5) is 0 Å². The molecule has 0 spiro atoms. The molecule has 1 fully saturated rings. The van der Waals surface area contributed by atoms with E-state index in [2.05, 4.69) is 38.4 Å². The maximum Gasteiger partial charge on any atom is 0.253 e. The number of benzene rings is 1. The molecule has 0 atom stereocenters. The van der Waals surface area contributed by atoms with Gasteiger partial charge in [0.1, 0.15) is 0 Å². The van der Waals surface area contributed by atoms with Gasteiger partial charge in [-0.3, -0.25) is 9.48 Å². The van der Waals surface area contributed by atoms with Crippen molar-refractivity contribution in [1.29, 1.82) is 0 Å². The summed E-state index contributed by atoms with van der Waals surface area (Å²) < 4.78 is 2.23. The number of piperidine rings is 1. The summed E-state index contributed by atoms with van der Waals surface area (Å²) in [6.45, 7) is 10.3. The molecule has 1 amide bonds. The number of nitrogens with zero attached hydrogens (tertiary/aromatic N) is 3. The van der Waals surface area contributed by atoms with Crippen molar-refractivity contribution in [2.75, 3.05) is 13.1 Å². The Morgan fingerprint density at radius 2 is 1.69 bits per heavy atom. The lowest BCUT2D eigenvalue weighted by Gasteiger charge is -2.33. The standard InChI is InChI=1S/C21H28ClN3O/c1-14(2)19-13-20(15(3)4)25(23-19)18-9-11-24(12-10-18)21(26)16-5-7-17(22)8-6-16/h5-8,13-15,18H,9-12H2,1-4H3. The van der Waals surface area contributed by atoms with Gasteiger partial charge in [-0.2, -0.15) is 5.10 Å². The van der Waals surface area contributed by atoms with Crippen molar-refractivity contribution >= 4 is 17.5 Å². The summed E-state index contributed by atoms with van der Waals surface area (Å²) in [4.78, 5) is 14.6. The SMILES string of the molecule is CC(C)c1cc(C(C)C)n(C2CCN(C(=O)c3ccc(Cl)cc3)CC2)n1. The summed E-state index contributed by atoms with van der Waals surface area (Å²) in [5.74, 6) is 0.969. The highest BCUT2D eigenvalue weighted by Gasteiger charge is 2.27. The van der Waals surface area contributed by atoms with E-state index >= 15 is 0 Å². The molecule has 0 unspecified atom stereocenters. The Labute approximate surface area is 161 Å². The maximum atomic E-state index is 12.7. The third kappa shape index (κ3) is 3.96. The van der Waals surface area contributed by atoms with Gasteiger partial charge in [0.05, 0.1) is 11.7 Å². The number of likely N-dealkylation sites (tertiary alicyclic amines) is 1. The van der Waals surface area contributed by atoms with Gasteiger partial charge in [0, 0.05) is 29.4 Å². The van der Waals surface area contributed by atoms with Crippen LogP contribution in [0.2, 0.25) is 5.02 Å². The number of halogens is 1. The first-order valence-corrected chi connectivity index (χ1v) is 9.88. The molecule has 1 saturated heterocycles. The predicted molar refractivity (Wildman–Crippen MR) is 106 cm³/mol. The van der Waals surface area contributed by atoms with Crippen molar-refractivity contribution in [2.24, 2.45) is 0 Å². The molecule has 0 aliphatic carbocycles. The highest BCUT2D eigenvalue weighted by atomic mass is 35.5. The zero-order chi connectivity index (χ0) is 18.8. The Hall–Kier alpha value is -1.81. The van der Waals surface area contributed by atoms with E-state index in [1.807, 2.05) is 4.90 Å². The van der Waals surface area contributed by atoms with Crippen LogP contribution in [-0.4, -0.2) is 33.7 Å². The molecule has 1 aliphatic rings. The Morgan fingerprint density at radius 1 is 1.08 bits per heavy atom. The monoisotopic (exact) mass is 373 g/mol. The van der Waals surface area contributed by atoms with E-state index in [4.69, 9.17) is 16.7 Å². The average Bonchev–Trinajstić information content (AvgIpc) is 3.08. The van der Waals surface area contributed by atoms with Crippen LogP contribution in [0.5, 0.6) is 0 Å². The topological polar surface area (TPSA) is 38.1 Å². The average molecular weight is 374 g/mol. The molecule has 1 aromatic heterocycles. The van der Waals surface area contributed by atoms with E-state index in [1.54, 1.807) is 24.3 Å². The van der Waals surface area contributed by atoms with Crippen molar-refractivity contribution in [3.05, 3.63) is 52.3 Å². The quantitative estimate of drug-likeness (QED) is 0.733. The molecule has 1 aromatic carbocycles. The molecular formula is C21H28ClN3O. The van der Waals surface area contributed by atoms with E-state index in [0.29, 0.717) is 28.5 Å². The highest BCUT2D eigenvalue weighted by molar-refractivity contribution is 6.30. The summed E-state index contributed by atoms with van der Waals surface area (Å²) in [5.41, 5.74) is 3.17. The maximum absolute atomic E-state index is 12.7. The minimum absolute atomic E-state index is 0.0903. The number of carbonyl (C=O) groups excluding carboxylic acids is 1. The molecule has 1 aliphatic heterocycles. The molecule has 0 bridgehead atoms. The summed E-state index contributed by atoms with van der Waals surface area (Å²) >= 11 is 5.92. The normalized spacial score (nSPS) is 15.9. The molecular weight excluding hydrogens is 346 g/mol. The van der Waals surface area contributed by atoms with Gasteiger partial charge in [-0.05, 0) is 55.0 Å². The molecule has 0 radical (unpaired) electrons. The number of rotatable bonds is 4. The second-order valence-corrected chi connectivity index (χ2v) is 8.21. The van der Waals surface area contributed by atoms with Crippen LogP contribution in [0.25, 0.3) is 0 Å². The Bertz CT molecular complexity index is 756. The summed E-state index contributed by atoms with van der Waals surface area (Å²) in [5, 5.41) is 5.54. The lowest BCUT2D eigenvalue weighted by molar-refractivity contribution is 0.0688. The van der Waals surface area contributed by atoms with Gasteiger partial charge in [0.2, 0.25) is 0 Å². The largest absolute Gasteiger partial charge is 0.338 e. The number of hydrogen-bond acceptors (Lipinski definition) is 2. The van der Waals surface area contributed by atoms with Gasteiger partial charge in [0.15, 0.2) is 0 Å². The molecule has 2 heterocycles. The van der Waals surface area contributed by atoms with Gasteiger partial charge in [-0.15, -0.1) is 0 Å². The summed E-state index contributed by atoms with van der Waals surface area (Å²) in [6, 6.07) is 9.77. The van der Waals surface area contributed by atoms with E-state index in [1.165, 1.54) is 5.69 Å². The smallest absolute Gasteiger partial charge is 0.253 e. The lowest BCUT2D eigenvalue weighted by Crippen LogP contribution is -2.39. The van der Waals surface area contributed by atoms with Crippen molar-refractivity contribution < 1.29 is 4.79 Å². The molecule has 0 saturated carbocycles. The second kappa shape index (κ2) is 7.83. The van der Waals surface area contributed by atoms with Crippen LogP contribution in [0.3, 0.4) is 0 Å². The Morgan fingerprint density at radius 3 is 2.23 bits per heavy atom. The second-order valence-electron chi connectivity index (χ2n) is 7.78. The van der Waals surface area contributed by atoms with Gasteiger partial charge in [-0.25, -0.2) is 0 Å². The minimum Gasteiger partial charge on any atom is -0.338 e. The number of aromatic nitrogens is 2. The van der Waals surface area contributed by atoms with Crippen molar-refractivity contribution in [3.8, 4) is 0 Å². The summed E-state index contributed by atoms with van der Waals surface area (Å²) in [7, 11) is 0. The Balaban J connectivity index is 1.70. The zero-order valence-corrected chi connectivity index (χ0v) is 16.8. The molecule has 3 rings (SSSR count). The first kappa shape index (κ1) is 19.0. The molecule has 4 nitrogen and oxygen atoms in total. The third-order valence-corrected chi connectivity index (χ3v) is 5.41. The van der Waals surface area contributed by atoms with E-state index in [9.17, 15) is 4.79 Å². The predicted octanol–water partition coefficient (Wildman–Crippen LogP) is 5.26. The third-order valence-electron chi connectivity index (χ3n) is 5.16. The van der Waals surface area contributed by atoms with Crippen molar-refractivity contribution in [3.63, 3.8) is 0 Å². The zero-order valence-electron chi connectivity index (χ0n) is 16.1. The number of amides is 1. The van der Waals surface area contributed by atoms with Gasteiger partial charge in [-0.1, -0.05) is 39.3 Å². The van der Waals surface area contributed by atoms with E-state index < -0.39 is 0 Å². The molecule has 5 heteroatoms. The first-order chi connectivity index (χ1) is 12.4. The minimum atomic E-state index is 0.0903. The van der Waals surface area contributed by atoms with Crippen LogP contribution in [-0.2, 0) is 0 Å². The lowest BCUT2D eigenvalue weighted by atomic mass is 10.0. The highest BCUT2D eigenvalue weighted by Crippen LogP contribution is 2.29. The van der Waals surface area contributed by atoms with E-state index in [0.717, 1.165) is 31.6 Å². The number of hydrogen-bond donors (Lipinski definition) is 0. The van der Waals surface area contributed by atoms with Gasteiger partial charge < -0.3 is 4.90 Å². The van der Waals surface area contributed by atoms with Crippen LogP contribution in [0.15, 0.2) is 30.3 Å². The fourth-order valence-electron chi connectivity index (χ4n) is 3.52.